The molecular weight excluding hydrogens is 376 g/mol. The lowest BCUT2D eigenvalue weighted by molar-refractivity contribution is -0.116. The maximum Gasteiger partial charge on any atom is 0.225 e. The van der Waals surface area contributed by atoms with Crippen LogP contribution in [0, 0.1) is 0 Å². The molecule has 7 nitrogen and oxygen atoms in total. The Kier molecular flexibility index (Phi) is 6.08. The maximum atomic E-state index is 12.1. The fourth-order valence-corrected chi connectivity index (χ4v) is 3.69. The summed E-state index contributed by atoms with van der Waals surface area (Å²) in [5.41, 5.74) is 4.15. The van der Waals surface area contributed by atoms with Crippen LogP contribution in [-0.2, 0) is 11.3 Å². The van der Waals surface area contributed by atoms with Gasteiger partial charge in [-0.3, -0.25) is 4.79 Å². The lowest BCUT2D eigenvalue weighted by Gasteiger charge is -2.26. The van der Waals surface area contributed by atoms with Crippen molar-refractivity contribution in [3.8, 4) is 5.69 Å². The van der Waals surface area contributed by atoms with E-state index < -0.39 is 0 Å². The van der Waals surface area contributed by atoms with Gasteiger partial charge in [-0.15, -0.1) is 0 Å². The highest BCUT2D eigenvalue weighted by Gasteiger charge is 2.24. The van der Waals surface area contributed by atoms with Crippen LogP contribution in [0.5, 0.6) is 0 Å². The van der Waals surface area contributed by atoms with Crippen LogP contribution in [0.2, 0.25) is 0 Å². The van der Waals surface area contributed by atoms with Crippen molar-refractivity contribution in [2.24, 2.45) is 4.99 Å². The van der Waals surface area contributed by atoms with Crippen molar-refractivity contribution in [3.63, 3.8) is 0 Å². The van der Waals surface area contributed by atoms with Crippen LogP contribution in [0.15, 0.2) is 72.0 Å². The molecular formula is C23H26N6O. The highest BCUT2D eigenvalue weighted by Crippen LogP contribution is 2.31. The van der Waals surface area contributed by atoms with E-state index in [1.807, 2.05) is 60.3 Å². The van der Waals surface area contributed by atoms with Crippen LogP contribution in [0.4, 0.5) is 5.69 Å². The summed E-state index contributed by atoms with van der Waals surface area (Å²) in [6.07, 6.45) is 4.16. The minimum absolute atomic E-state index is 0.0515. The number of nitrogens with zero attached hydrogens (tertiary/aromatic N) is 3. The standard InChI is InChI=1S/C23H26N6O/c1-2-24-23(25-15-17-8-3-6-11-21(17)29-13-7-12-27-29)26-16-18-14-22(30)28-20-10-5-4-9-19(18)20/h3-13,18H,2,14-16H2,1H3,(H,28,30)(H2,24,25,26). The van der Waals surface area contributed by atoms with Crippen molar-refractivity contribution >= 4 is 17.6 Å². The third-order valence-electron chi connectivity index (χ3n) is 5.12. The molecule has 3 N–H and O–H groups in total. The molecule has 154 valence electrons. The molecule has 7 heteroatoms. The van der Waals surface area contributed by atoms with Gasteiger partial charge < -0.3 is 16.0 Å². The molecule has 1 unspecified atom stereocenters. The average molecular weight is 403 g/mol. The number of para-hydroxylation sites is 2. The maximum absolute atomic E-state index is 12.1. The van der Waals surface area contributed by atoms with Crippen molar-refractivity contribution < 1.29 is 4.79 Å². The molecule has 1 aromatic heterocycles. The largest absolute Gasteiger partial charge is 0.357 e. The smallest absolute Gasteiger partial charge is 0.225 e. The van der Waals surface area contributed by atoms with Crippen molar-refractivity contribution in [2.75, 3.05) is 18.4 Å². The summed E-state index contributed by atoms with van der Waals surface area (Å²) in [5, 5.41) is 14.0. The predicted molar refractivity (Wildman–Crippen MR) is 119 cm³/mol. The summed E-state index contributed by atoms with van der Waals surface area (Å²) >= 11 is 0. The second kappa shape index (κ2) is 9.26. The van der Waals surface area contributed by atoms with Crippen LogP contribution in [-0.4, -0.2) is 34.7 Å². The molecule has 2 aromatic carbocycles. The van der Waals surface area contributed by atoms with E-state index in [0.29, 0.717) is 19.5 Å². The lowest BCUT2D eigenvalue weighted by Crippen LogP contribution is -2.40. The number of carbonyl (C=O) groups excluding carboxylic acids is 1. The molecule has 1 amide bonds. The number of hydrogen-bond donors (Lipinski definition) is 3. The highest BCUT2D eigenvalue weighted by molar-refractivity contribution is 5.94. The van der Waals surface area contributed by atoms with Crippen LogP contribution in [0.3, 0.4) is 0 Å². The third-order valence-corrected chi connectivity index (χ3v) is 5.12. The van der Waals surface area contributed by atoms with E-state index in [-0.39, 0.29) is 11.8 Å². The number of benzene rings is 2. The molecule has 4 rings (SSSR count). The number of fused-ring (bicyclic) bond motifs is 1. The first-order valence-electron chi connectivity index (χ1n) is 10.2. The minimum atomic E-state index is 0.0515. The van der Waals surface area contributed by atoms with E-state index in [2.05, 4.69) is 33.2 Å². The van der Waals surface area contributed by atoms with E-state index in [4.69, 9.17) is 4.99 Å². The van der Waals surface area contributed by atoms with E-state index in [1.54, 1.807) is 6.20 Å². The molecule has 1 atom stereocenters. The number of aromatic nitrogens is 2. The van der Waals surface area contributed by atoms with E-state index in [0.717, 1.165) is 35.0 Å². The summed E-state index contributed by atoms with van der Waals surface area (Å²) in [5.74, 6) is 0.891. The zero-order chi connectivity index (χ0) is 20.8. The monoisotopic (exact) mass is 402 g/mol. The Morgan fingerprint density at radius 3 is 2.83 bits per heavy atom. The Morgan fingerprint density at radius 2 is 2.00 bits per heavy atom. The van der Waals surface area contributed by atoms with Gasteiger partial charge in [0.2, 0.25) is 5.91 Å². The number of anilines is 1. The summed E-state index contributed by atoms with van der Waals surface area (Å²) in [4.78, 5) is 16.8. The molecule has 1 aliphatic heterocycles. The summed E-state index contributed by atoms with van der Waals surface area (Å²) in [6, 6.07) is 18.0. The SMILES string of the molecule is CCNC(=NCc1ccccc1-n1cccn1)NCC1CC(=O)Nc2ccccc21. The number of rotatable bonds is 6. The van der Waals surface area contributed by atoms with Crippen molar-refractivity contribution in [3.05, 3.63) is 78.1 Å². The van der Waals surface area contributed by atoms with Gasteiger partial charge in [0, 0.05) is 43.5 Å². The second-order valence-electron chi connectivity index (χ2n) is 7.19. The molecule has 0 bridgehead atoms. The zero-order valence-electron chi connectivity index (χ0n) is 17.0. The van der Waals surface area contributed by atoms with Crippen molar-refractivity contribution in [1.29, 1.82) is 0 Å². The Bertz CT molecular complexity index is 1030. The molecule has 0 saturated carbocycles. The lowest BCUT2D eigenvalue weighted by atomic mass is 9.90. The van der Waals surface area contributed by atoms with Crippen LogP contribution >= 0.6 is 0 Å². The molecule has 30 heavy (non-hydrogen) atoms. The minimum Gasteiger partial charge on any atom is -0.357 e. The summed E-state index contributed by atoms with van der Waals surface area (Å²) < 4.78 is 1.85. The number of nitrogens with one attached hydrogen (secondary N) is 3. The number of aliphatic imine (C=N–C) groups is 1. The van der Waals surface area contributed by atoms with Gasteiger partial charge >= 0.3 is 0 Å². The van der Waals surface area contributed by atoms with Crippen molar-refractivity contribution in [2.45, 2.75) is 25.8 Å². The van der Waals surface area contributed by atoms with Crippen LogP contribution in [0.25, 0.3) is 5.69 Å². The average Bonchev–Trinajstić information content (AvgIpc) is 3.30. The molecule has 0 radical (unpaired) electrons. The first-order valence-corrected chi connectivity index (χ1v) is 10.2. The van der Waals surface area contributed by atoms with Gasteiger partial charge in [0.05, 0.1) is 12.2 Å². The van der Waals surface area contributed by atoms with E-state index in [1.165, 1.54) is 0 Å². The highest BCUT2D eigenvalue weighted by atomic mass is 16.1. The molecule has 0 fully saturated rings. The Morgan fingerprint density at radius 1 is 1.17 bits per heavy atom. The first kappa shape index (κ1) is 19.7. The Balaban J connectivity index is 1.48. The van der Waals surface area contributed by atoms with Gasteiger partial charge in [-0.1, -0.05) is 36.4 Å². The van der Waals surface area contributed by atoms with Gasteiger partial charge in [0.25, 0.3) is 0 Å². The summed E-state index contributed by atoms with van der Waals surface area (Å²) in [6.45, 7) is 3.96. The second-order valence-corrected chi connectivity index (χ2v) is 7.19. The zero-order valence-corrected chi connectivity index (χ0v) is 17.0. The third kappa shape index (κ3) is 4.51. The predicted octanol–water partition coefficient (Wildman–Crippen LogP) is 3.05. The van der Waals surface area contributed by atoms with Gasteiger partial charge in [-0.2, -0.15) is 5.10 Å². The van der Waals surface area contributed by atoms with Crippen LogP contribution in [0.1, 0.15) is 30.4 Å². The van der Waals surface area contributed by atoms with Gasteiger partial charge in [0.1, 0.15) is 0 Å². The van der Waals surface area contributed by atoms with E-state index >= 15 is 0 Å². The molecule has 0 spiro atoms. The van der Waals surface area contributed by atoms with Crippen LogP contribution < -0.4 is 16.0 Å². The Labute approximate surface area is 176 Å². The fraction of sp³-hybridized carbons (Fsp3) is 0.261. The van der Waals surface area contributed by atoms with E-state index in [9.17, 15) is 4.79 Å². The molecule has 1 aliphatic rings. The topological polar surface area (TPSA) is 83.3 Å². The quantitative estimate of drug-likeness (QED) is 0.437. The van der Waals surface area contributed by atoms with Gasteiger partial charge in [-0.25, -0.2) is 9.67 Å². The molecule has 2 heterocycles. The normalized spacial score (nSPS) is 16.0. The first-order chi connectivity index (χ1) is 14.7. The Hall–Kier alpha value is -3.61. The number of guanidine groups is 1. The van der Waals surface area contributed by atoms with Crippen molar-refractivity contribution in [1.82, 2.24) is 20.4 Å². The molecule has 0 saturated heterocycles. The molecule has 0 aliphatic carbocycles. The number of carbonyl (C=O) groups is 1. The summed E-state index contributed by atoms with van der Waals surface area (Å²) in [7, 11) is 0. The number of hydrogen-bond acceptors (Lipinski definition) is 3. The molecule has 3 aromatic rings. The fourth-order valence-electron chi connectivity index (χ4n) is 3.69. The van der Waals surface area contributed by atoms with Gasteiger partial charge in [-0.05, 0) is 36.2 Å². The number of amides is 1. The van der Waals surface area contributed by atoms with Gasteiger partial charge in [0.15, 0.2) is 5.96 Å².